The molecule has 1 aromatic heterocycles. The van der Waals surface area contributed by atoms with Crippen LogP contribution in [0, 0.1) is 12.3 Å². The third kappa shape index (κ3) is 2.36. The fourth-order valence-corrected chi connectivity index (χ4v) is 3.53. The molecule has 0 atom stereocenters. The van der Waals surface area contributed by atoms with Gasteiger partial charge in [-0.1, -0.05) is 12.0 Å². The van der Waals surface area contributed by atoms with Crippen molar-refractivity contribution in [3.05, 3.63) is 18.2 Å². The quantitative estimate of drug-likeness (QED) is 0.863. The molecule has 0 bridgehead atoms. The van der Waals surface area contributed by atoms with Crippen molar-refractivity contribution in [2.24, 2.45) is 0 Å². The van der Waals surface area contributed by atoms with Crippen molar-refractivity contribution in [1.29, 1.82) is 0 Å². The van der Waals surface area contributed by atoms with Crippen LogP contribution in [-0.2, 0) is 10.0 Å². The number of aromatic nitrogens is 2. The van der Waals surface area contributed by atoms with E-state index in [1.165, 1.54) is 6.07 Å². The molecule has 2 rings (SSSR count). The van der Waals surface area contributed by atoms with Crippen molar-refractivity contribution >= 4 is 32.8 Å². The highest BCUT2D eigenvalue weighted by Crippen LogP contribution is 2.22. The zero-order chi connectivity index (χ0) is 13.4. The number of sulfonamides is 1. The Balaban J connectivity index is 2.55. The highest BCUT2D eigenvalue weighted by atomic mass is 32.2. The fraction of sp³-hybridized carbons (Fsp3) is 0.273. The van der Waals surface area contributed by atoms with Crippen LogP contribution in [0.25, 0.3) is 11.0 Å². The summed E-state index contributed by atoms with van der Waals surface area (Å²) in [6, 6.07) is 4.82. The number of hydrogen-bond donors (Lipinski definition) is 1. The molecule has 18 heavy (non-hydrogen) atoms. The predicted octanol–water partition coefficient (Wildman–Crippen LogP) is 1.38. The Bertz CT molecular complexity index is 726. The van der Waals surface area contributed by atoms with E-state index < -0.39 is 15.6 Å². The van der Waals surface area contributed by atoms with E-state index in [-0.39, 0.29) is 4.90 Å². The van der Waals surface area contributed by atoms with Crippen LogP contribution in [0.15, 0.2) is 23.1 Å². The van der Waals surface area contributed by atoms with Crippen molar-refractivity contribution in [3.8, 4) is 12.3 Å². The molecule has 0 aliphatic rings. The number of nitrogens with one attached hydrogen (secondary N) is 1. The Hall–Kier alpha value is -1.49. The van der Waals surface area contributed by atoms with E-state index in [9.17, 15) is 8.42 Å². The molecule has 5 nitrogen and oxygen atoms in total. The van der Waals surface area contributed by atoms with Gasteiger partial charge in [0.1, 0.15) is 15.9 Å². The lowest BCUT2D eigenvalue weighted by molar-refractivity contribution is 0.540. The van der Waals surface area contributed by atoms with Crippen molar-refractivity contribution in [2.45, 2.75) is 24.3 Å². The summed E-state index contributed by atoms with van der Waals surface area (Å²) in [6.45, 7) is 3.23. The van der Waals surface area contributed by atoms with Crippen molar-refractivity contribution < 1.29 is 8.42 Å². The standard InChI is InChI=1S/C11H11N3O2S2/c1-4-11(2,3)14-18(15,16)9-7-5-6-8-10(9)13-17-12-8/h1,5-7,14H,2-3H3. The molecule has 0 spiro atoms. The lowest BCUT2D eigenvalue weighted by Gasteiger charge is -2.19. The zero-order valence-corrected chi connectivity index (χ0v) is 11.5. The van der Waals surface area contributed by atoms with E-state index in [1.54, 1.807) is 26.0 Å². The third-order valence-electron chi connectivity index (χ3n) is 2.29. The topological polar surface area (TPSA) is 72.0 Å². The summed E-state index contributed by atoms with van der Waals surface area (Å²) in [5.41, 5.74) is -0.0334. The van der Waals surface area contributed by atoms with Gasteiger partial charge in [0, 0.05) is 0 Å². The largest absolute Gasteiger partial charge is 0.244 e. The van der Waals surface area contributed by atoms with Crippen LogP contribution in [0.3, 0.4) is 0 Å². The number of hydrogen-bond acceptors (Lipinski definition) is 5. The summed E-state index contributed by atoms with van der Waals surface area (Å²) >= 11 is 0.974. The second kappa shape index (κ2) is 4.31. The van der Waals surface area contributed by atoms with E-state index in [0.29, 0.717) is 11.0 Å². The van der Waals surface area contributed by atoms with Gasteiger partial charge in [-0.15, -0.1) is 6.42 Å². The van der Waals surface area contributed by atoms with Crippen LogP contribution < -0.4 is 4.72 Å². The van der Waals surface area contributed by atoms with Gasteiger partial charge in [-0.05, 0) is 26.0 Å². The minimum atomic E-state index is -3.71. The van der Waals surface area contributed by atoms with E-state index in [4.69, 9.17) is 6.42 Å². The average molecular weight is 281 g/mol. The number of rotatable bonds is 3. The van der Waals surface area contributed by atoms with Crippen molar-refractivity contribution in [2.75, 3.05) is 0 Å². The van der Waals surface area contributed by atoms with Gasteiger partial charge in [-0.3, -0.25) is 0 Å². The maximum atomic E-state index is 12.2. The van der Waals surface area contributed by atoms with Crippen molar-refractivity contribution in [1.82, 2.24) is 13.5 Å². The van der Waals surface area contributed by atoms with Crippen LogP contribution in [0.4, 0.5) is 0 Å². The Kier molecular flexibility index (Phi) is 3.11. The molecule has 0 amide bonds. The van der Waals surface area contributed by atoms with Gasteiger partial charge in [0.15, 0.2) is 0 Å². The van der Waals surface area contributed by atoms with Crippen LogP contribution in [-0.4, -0.2) is 22.7 Å². The minimum absolute atomic E-state index is 0.0945. The third-order valence-corrected chi connectivity index (χ3v) is 4.52. The Morgan fingerprint density at radius 3 is 2.78 bits per heavy atom. The van der Waals surface area contributed by atoms with Crippen LogP contribution >= 0.6 is 11.7 Å². The first-order valence-electron chi connectivity index (χ1n) is 5.09. The average Bonchev–Trinajstić information content (AvgIpc) is 2.75. The van der Waals surface area contributed by atoms with E-state index in [2.05, 4.69) is 19.4 Å². The molecule has 94 valence electrons. The summed E-state index contributed by atoms with van der Waals surface area (Å²) in [7, 11) is -3.71. The van der Waals surface area contributed by atoms with Crippen LogP contribution in [0.2, 0.25) is 0 Å². The highest BCUT2D eigenvalue weighted by Gasteiger charge is 2.26. The molecular weight excluding hydrogens is 270 g/mol. The van der Waals surface area contributed by atoms with Gasteiger partial charge in [0.25, 0.3) is 0 Å². The molecule has 0 saturated heterocycles. The number of terminal acetylenes is 1. The van der Waals surface area contributed by atoms with Crippen LogP contribution in [0.1, 0.15) is 13.8 Å². The summed E-state index contributed by atoms with van der Waals surface area (Å²) in [5, 5.41) is 0. The molecule has 1 aromatic carbocycles. The summed E-state index contributed by atoms with van der Waals surface area (Å²) in [4.78, 5) is 0.0945. The Labute approximate surface area is 110 Å². The molecule has 0 saturated carbocycles. The molecule has 0 aliphatic carbocycles. The maximum absolute atomic E-state index is 12.2. The fourth-order valence-electron chi connectivity index (χ4n) is 1.42. The van der Waals surface area contributed by atoms with Gasteiger partial charge in [0.2, 0.25) is 10.0 Å². The minimum Gasteiger partial charge on any atom is -0.207 e. The zero-order valence-electron chi connectivity index (χ0n) is 9.84. The molecule has 1 heterocycles. The Morgan fingerprint density at radius 1 is 1.39 bits per heavy atom. The first-order valence-corrected chi connectivity index (χ1v) is 7.30. The van der Waals surface area contributed by atoms with Gasteiger partial charge < -0.3 is 0 Å². The molecular formula is C11H11N3O2S2. The van der Waals surface area contributed by atoms with E-state index in [0.717, 1.165) is 11.7 Å². The van der Waals surface area contributed by atoms with E-state index >= 15 is 0 Å². The van der Waals surface area contributed by atoms with Gasteiger partial charge in [-0.25, -0.2) is 8.42 Å². The normalized spacial score (nSPS) is 12.5. The highest BCUT2D eigenvalue weighted by molar-refractivity contribution is 7.89. The second-order valence-corrected chi connectivity index (χ2v) is 6.44. The van der Waals surface area contributed by atoms with Gasteiger partial charge in [0.05, 0.1) is 17.3 Å². The monoisotopic (exact) mass is 281 g/mol. The number of nitrogens with zero attached hydrogens (tertiary/aromatic N) is 2. The van der Waals surface area contributed by atoms with E-state index in [1.807, 2.05) is 0 Å². The van der Waals surface area contributed by atoms with Crippen molar-refractivity contribution in [3.63, 3.8) is 0 Å². The second-order valence-electron chi connectivity index (χ2n) is 4.26. The summed E-state index contributed by atoms with van der Waals surface area (Å²) in [5.74, 6) is 2.39. The molecule has 1 N–H and O–H groups in total. The molecule has 7 heteroatoms. The summed E-state index contributed by atoms with van der Waals surface area (Å²) < 4.78 is 35.0. The number of fused-ring (bicyclic) bond motifs is 1. The lowest BCUT2D eigenvalue weighted by Crippen LogP contribution is -2.42. The molecule has 2 aromatic rings. The SMILES string of the molecule is C#CC(C)(C)NS(=O)(=O)c1cccc2nsnc12. The summed E-state index contributed by atoms with van der Waals surface area (Å²) in [6.07, 6.45) is 5.28. The molecule has 0 unspecified atom stereocenters. The Morgan fingerprint density at radius 2 is 2.11 bits per heavy atom. The molecule has 0 radical (unpaired) electrons. The van der Waals surface area contributed by atoms with Gasteiger partial charge in [-0.2, -0.15) is 13.5 Å². The lowest BCUT2D eigenvalue weighted by atomic mass is 10.1. The van der Waals surface area contributed by atoms with Gasteiger partial charge >= 0.3 is 0 Å². The molecule has 0 aliphatic heterocycles. The predicted molar refractivity (Wildman–Crippen MR) is 70.6 cm³/mol. The first-order chi connectivity index (χ1) is 8.36. The molecule has 0 fully saturated rings. The smallest absolute Gasteiger partial charge is 0.207 e. The maximum Gasteiger partial charge on any atom is 0.244 e. The number of benzene rings is 1. The van der Waals surface area contributed by atoms with Crippen LogP contribution in [0.5, 0.6) is 0 Å². The first kappa shape index (κ1) is 13.0.